The molecule has 1 amide bonds. The van der Waals surface area contributed by atoms with Crippen molar-refractivity contribution in [1.29, 1.82) is 0 Å². The summed E-state index contributed by atoms with van der Waals surface area (Å²) in [4.78, 5) is 20.0. The molecule has 0 fully saturated rings. The fourth-order valence-corrected chi connectivity index (χ4v) is 3.85. The standard InChI is InChI=1S/C29H45N3O2/c1-4-5-6-7-8-9-10-11-12-13-22-30-29(33)27-18-14-25(15-19-27)23-31-34-24-26-16-20-28(21-17-26)32(2)3/h14-21,31H,4-13,22-24H2,1-3H3,(H,30,33). The van der Waals surface area contributed by atoms with Crippen LogP contribution in [0, 0.1) is 0 Å². The number of nitrogens with one attached hydrogen (secondary N) is 2. The lowest BCUT2D eigenvalue weighted by Crippen LogP contribution is -2.24. The molecule has 0 saturated carbocycles. The van der Waals surface area contributed by atoms with Crippen molar-refractivity contribution in [3.63, 3.8) is 0 Å². The van der Waals surface area contributed by atoms with E-state index in [0.29, 0.717) is 18.7 Å². The number of hydrogen-bond donors (Lipinski definition) is 2. The predicted octanol–water partition coefficient (Wildman–Crippen LogP) is 6.62. The molecule has 5 nitrogen and oxygen atoms in total. The first-order valence-electron chi connectivity index (χ1n) is 13.1. The Morgan fingerprint density at radius 1 is 0.765 bits per heavy atom. The van der Waals surface area contributed by atoms with Crippen LogP contribution in [0.1, 0.15) is 92.6 Å². The zero-order valence-electron chi connectivity index (χ0n) is 21.6. The Balaban J connectivity index is 1.52. The molecule has 0 radical (unpaired) electrons. The van der Waals surface area contributed by atoms with Gasteiger partial charge in [0.15, 0.2) is 0 Å². The van der Waals surface area contributed by atoms with Gasteiger partial charge in [-0.1, -0.05) is 89.0 Å². The van der Waals surface area contributed by atoms with Crippen LogP contribution in [-0.2, 0) is 18.0 Å². The summed E-state index contributed by atoms with van der Waals surface area (Å²) in [6, 6.07) is 16.0. The van der Waals surface area contributed by atoms with Gasteiger partial charge in [-0.25, -0.2) is 0 Å². The normalized spacial score (nSPS) is 10.9. The van der Waals surface area contributed by atoms with Gasteiger partial charge in [-0.2, -0.15) is 5.48 Å². The minimum absolute atomic E-state index is 0.00727. The number of amides is 1. The second-order valence-corrected chi connectivity index (χ2v) is 9.31. The minimum atomic E-state index is 0.00727. The highest BCUT2D eigenvalue weighted by Crippen LogP contribution is 2.13. The van der Waals surface area contributed by atoms with Crippen LogP contribution in [0.15, 0.2) is 48.5 Å². The zero-order chi connectivity index (χ0) is 24.4. The van der Waals surface area contributed by atoms with Gasteiger partial charge in [0.1, 0.15) is 0 Å². The molecule has 0 aliphatic heterocycles. The fourth-order valence-electron chi connectivity index (χ4n) is 3.85. The highest BCUT2D eigenvalue weighted by molar-refractivity contribution is 5.94. The monoisotopic (exact) mass is 467 g/mol. The summed E-state index contributed by atoms with van der Waals surface area (Å²) in [5.41, 5.74) is 7.07. The van der Waals surface area contributed by atoms with E-state index in [1.54, 1.807) is 0 Å². The maximum atomic E-state index is 12.3. The summed E-state index contributed by atoms with van der Waals surface area (Å²) >= 11 is 0. The van der Waals surface area contributed by atoms with Crippen molar-refractivity contribution in [2.24, 2.45) is 0 Å². The molecule has 0 spiro atoms. The van der Waals surface area contributed by atoms with Crippen molar-refractivity contribution in [3.05, 3.63) is 65.2 Å². The first-order valence-corrected chi connectivity index (χ1v) is 13.1. The number of anilines is 1. The van der Waals surface area contributed by atoms with E-state index in [4.69, 9.17) is 4.84 Å². The molecule has 0 unspecified atom stereocenters. The van der Waals surface area contributed by atoms with Gasteiger partial charge in [0.25, 0.3) is 5.91 Å². The summed E-state index contributed by atoms with van der Waals surface area (Å²) in [5.74, 6) is 0.00727. The van der Waals surface area contributed by atoms with E-state index in [2.05, 4.69) is 46.9 Å². The third kappa shape index (κ3) is 11.7. The average Bonchev–Trinajstić information content (AvgIpc) is 2.85. The maximum Gasteiger partial charge on any atom is 0.251 e. The SMILES string of the molecule is CCCCCCCCCCCCNC(=O)c1ccc(CNOCc2ccc(N(C)C)cc2)cc1. The molecule has 0 aliphatic carbocycles. The molecule has 2 aromatic rings. The van der Waals surface area contributed by atoms with E-state index in [0.717, 1.165) is 24.1 Å². The molecular formula is C29H45N3O2. The highest BCUT2D eigenvalue weighted by atomic mass is 16.6. The first kappa shape index (κ1) is 27.9. The minimum Gasteiger partial charge on any atom is -0.378 e. The molecule has 34 heavy (non-hydrogen) atoms. The zero-order valence-corrected chi connectivity index (χ0v) is 21.6. The first-order chi connectivity index (χ1) is 16.6. The Morgan fingerprint density at radius 2 is 1.32 bits per heavy atom. The van der Waals surface area contributed by atoms with Gasteiger partial charge in [0, 0.05) is 38.4 Å². The second-order valence-electron chi connectivity index (χ2n) is 9.31. The lowest BCUT2D eigenvalue weighted by molar-refractivity contribution is 0.0235. The summed E-state index contributed by atoms with van der Waals surface area (Å²) in [7, 11) is 4.06. The molecule has 2 aromatic carbocycles. The molecule has 2 N–H and O–H groups in total. The maximum absolute atomic E-state index is 12.3. The van der Waals surface area contributed by atoms with Gasteiger partial charge < -0.3 is 10.2 Å². The molecule has 0 aliphatic rings. The van der Waals surface area contributed by atoms with Crippen molar-refractivity contribution in [1.82, 2.24) is 10.8 Å². The Morgan fingerprint density at radius 3 is 1.91 bits per heavy atom. The second kappa shape index (κ2) is 17.1. The van der Waals surface area contributed by atoms with Crippen molar-refractivity contribution in [2.75, 3.05) is 25.5 Å². The molecule has 0 aromatic heterocycles. The molecule has 0 saturated heterocycles. The van der Waals surface area contributed by atoms with Crippen molar-refractivity contribution >= 4 is 11.6 Å². The lowest BCUT2D eigenvalue weighted by atomic mass is 10.1. The van der Waals surface area contributed by atoms with Crippen molar-refractivity contribution < 1.29 is 9.63 Å². The molecule has 2 rings (SSSR count). The van der Waals surface area contributed by atoms with Crippen LogP contribution >= 0.6 is 0 Å². The van der Waals surface area contributed by atoms with Crippen LogP contribution in [0.5, 0.6) is 0 Å². The van der Waals surface area contributed by atoms with Crippen LogP contribution in [0.2, 0.25) is 0 Å². The summed E-state index contributed by atoms with van der Waals surface area (Å²) in [5, 5.41) is 3.04. The van der Waals surface area contributed by atoms with Gasteiger partial charge in [0.05, 0.1) is 6.61 Å². The highest BCUT2D eigenvalue weighted by Gasteiger charge is 2.05. The Labute approximate surface area is 207 Å². The topological polar surface area (TPSA) is 53.6 Å². The van der Waals surface area contributed by atoms with E-state index < -0.39 is 0 Å². The third-order valence-electron chi connectivity index (χ3n) is 6.10. The number of nitrogens with zero attached hydrogens (tertiary/aromatic N) is 1. The quantitative estimate of drug-likeness (QED) is 0.191. The lowest BCUT2D eigenvalue weighted by Gasteiger charge is -2.13. The van der Waals surface area contributed by atoms with Gasteiger partial charge in [0.2, 0.25) is 0 Å². The smallest absolute Gasteiger partial charge is 0.251 e. The average molecular weight is 468 g/mol. The third-order valence-corrected chi connectivity index (χ3v) is 6.10. The molecule has 0 heterocycles. The Bertz CT molecular complexity index is 788. The molecule has 188 valence electrons. The van der Waals surface area contributed by atoms with E-state index >= 15 is 0 Å². The van der Waals surface area contributed by atoms with E-state index in [1.165, 1.54) is 63.5 Å². The number of rotatable bonds is 18. The fraction of sp³-hybridized carbons (Fsp3) is 0.552. The Kier molecular flexibility index (Phi) is 14.0. The van der Waals surface area contributed by atoms with Gasteiger partial charge >= 0.3 is 0 Å². The van der Waals surface area contributed by atoms with Crippen LogP contribution in [-0.4, -0.2) is 26.5 Å². The van der Waals surface area contributed by atoms with Gasteiger partial charge in [-0.05, 0) is 41.8 Å². The number of carbonyl (C=O) groups excluding carboxylic acids is 1. The Hall–Kier alpha value is -2.37. The largest absolute Gasteiger partial charge is 0.378 e. The van der Waals surface area contributed by atoms with Crippen LogP contribution < -0.4 is 15.7 Å². The number of unbranched alkanes of at least 4 members (excludes halogenated alkanes) is 9. The summed E-state index contributed by atoms with van der Waals surface area (Å²) < 4.78 is 0. The van der Waals surface area contributed by atoms with Crippen molar-refractivity contribution in [3.8, 4) is 0 Å². The van der Waals surface area contributed by atoms with E-state index in [-0.39, 0.29) is 5.91 Å². The number of hydrogen-bond acceptors (Lipinski definition) is 4. The van der Waals surface area contributed by atoms with E-state index in [9.17, 15) is 4.79 Å². The van der Waals surface area contributed by atoms with Crippen LogP contribution in [0.3, 0.4) is 0 Å². The molecular weight excluding hydrogens is 422 g/mol. The molecule has 5 heteroatoms. The van der Waals surface area contributed by atoms with E-state index in [1.807, 2.05) is 38.4 Å². The molecule has 0 bridgehead atoms. The van der Waals surface area contributed by atoms with Crippen LogP contribution in [0.25, 0.3) is 0 Å². The summed E-state index contributed by atoms with van der Waals surface area (Å²) in [6.07, 6.45) is 13.0. The predicted molar refractivity (Wildman–Crippen MR) is 143 cm³/mol. The van der Waals surface area contributed by atoms with Crippen LogP contribution in [0.4, 0.5) is 5.69 Å². The van der Waals surface area contributed by atoms with Crippen molar-refractivity contribution in [2.45, 2.75) is 84.3 Å². The summed E-state index contributed by atoms with van der Waals surface area (Å²) in [6.45, 7) is 4.11. The molecule has 0 atom stereocenters. The number of hydroxylamine groups is 1. The van der Waals surface area contributed by atoms with Gasteiger partial charge in [-0.3, -0.25) is 9.63 Å². The number of carbonyl (C=O) groups is 1. The number of benzene rings is 2. The van der Waals surface area contributed by atoms with Gasteiger partial charge in [-0.15, -0.1) is 0 Å².